The van der Waals surface area contributed by atoms with Crippen molar-refractivity contribution in [1.29, 1.82) is 0 Å². The lowest BCUT2D eigenvalue weighted by Crippen LogP contribution is -2.32. The molecular formula is C15H21ClN2O4. The van der Waals surface area contributed by atoms with Gasteiger partial charge in [-0.1, -0.05) is 24.9 Å². The monoisotopic (exact) mass is 328 g/mol. The Morgan fingerprint density at radius 3 is 2.64 bits per heavy atom. The fourth-order valence-electron chi connectivity index (χ4n) is 1.95. The van der Waals surface area contributed by atoms with Crippen molar-refractivity contribution in [2.75, 3.05) is 13.7 Å². The second kappa shape index (κ2) is 8.48. The standard InChI is InChI=1S/C15H21ClN2O4/c1-4-5-9(2)18-15(20)10-6-11(16)14(12(7-10)21-3)22-8-13(17)19/h6-7,9H,4-5,8H2,1-3H3,(H2,17,19)(H,18,20). The van der Waals surface area contributed by atoms with Gasteiger partial charge in [0.25, 0.3) is 11.8 Å². The number of hydrogen-bond donors (Lipinski definition) is 2. The first kappa shape index (κ1) is 18.1. The molecular weight excluding hydrogens is 308 g/mol. The van der Waals surface area contributed by atoms with Crippen LogP contribution < -0.4 is 20.5 Å². The highest BCUT2D eigenvalue weighted by molar-refractivity contribution is 6.32. The van der Waals surface area contributed by atoms with Crippen LogP contribution in [0.15, 0.2) is 12.1 Å². The van der Waals surface area contributed by atoms with Crippen molar-refractivity contribution in [1.82, 2.24) is 5.32 Å². The molecule has 7 heteroatoms. The van der Waals surface area contributed by atoms with Gasteiger partial charge in [0.1, 0.15) is 0 Å². The molecule has 0 aliphatic heterocycles. The molecule has 0 aliphatic rings. The van der Waals surface area contributed by atoms with Gasteiger partial charge in [0, 0.05) is 11.6 Å². The summed E-state index contributed by atoms with van der Waals surface area (Å²) in [4.78, 5) is 23.0. The number of amides is 2. The summed E-state index contributed by atoms with van der Waals surface area (Å²) < 4.78 is 10.4. The lowest BCUT2D eigenvalue weighted by atomic mass is 10.1. The number of rotatable bonds is 8. The largest absolute Gasteiger partial charge is 0.493 e. The van der Waals surface area contributed by atoms with Crippen LogP contribution in [0.2, 0.25) is 5.02 Å². The molecule has 0 spiro atoms. The predicted octanol–water partition coefficient (Wildman–Crippen LogP) is 2.13. The normalized spacial score (nSPS) is 11.6. The summed E-state index contributed by atoms with van der Waals surface area (Å²) in [6, 6.07) is 3.04. The van der Waals surface area contributed by atoms with E-state index in [1.54, 1.807) is 0 Å². The van der Waals surface area contributed by atoms with Gasteiger partial charge in [-0.25, -0.2) is 0 Å². The maximum atomic E-state index is 12.2. The minimum atomic E-state index is -0.631. The molecule has 1 atom stereocenters. The molecule has 3 N–H and O–H groups in total. The minimum absolute atomic E-state index is 0.0630. The summed E-state index contributed by atoms with van der Waals surface area (Å²) >= 11 is 6.10. The van der Waals surface area contributed by atoms with Crippen molar-refractivity contribution in [3.8, 4) is 11.5 Å². The number of nitrogens with two attached hydrogens (primary N) is 1. The van der Waals surface area contributed by atoms with Crippen LogP contribution in [-0.4, -0.2) is 31.6 Å². The molecule has 0 fully saturated rings. The van der Waals surface area contributed by atoms with Crippen LogP contribution in [0, 0.1) is 0 Å². The lowest BCUT2D eigenvalue weighted by Gasteiger charge is -2.15. The van der Waals surface area contributed by atoms with Crippen LogP contribution in [0.5, 0.6) is 11.5 Å². The summed E-state index contributed by atoms with van der Waals surface area (Å²) in [6.07, 6.45) is 1.86. The van der Waals surface area contributed by atoms with Crippen molar-refractivity contribution in [2.24, 2.45) is 5.73 Å². The zero-order valence-corrected chi connectivity index (χ0v) is 13.7. The van der Waals surface area contributed by atoms with Crippen LogP contribution in [0.3, 0.4) is 0 Å². The SMILES string of the molecule is CCCC(C)NC(=O)c1cc(Cl)c(OCC(N)=O)c(OC)c1. The molecule has 0 bridgehead atoms. The third-order valence-electron chi connectivity index (χ3n) is 2.95. The number of carbonyl (C=O) groups excluding carboxylic acids is 2. The van der Waals surface area contributed by atoms with Crippen molar-refractivity contribution in [2.45, 2.75) is 32.7 Å². The second-order valence-corrected chi connectivity index (χ2v) is 5.31. The van der Waals surface area contributed by atoms with Crippen molar-refractivity contribution in [3.05, 3.63) is 22.7 Å². The number of nitrogens with one attached hydrogen (secondary N) is 1. The molecule has 6 nitrogen and oxygen atoms in total. The van der Waals surface area contributed by atoms with E-state index in [-0.39, 0.29) is 35.1 Å². The van der Waals surface area contributed by atoms with E-state index in [0.717, 1.165) is 12.8 Å². The number of halogens is 1. The van der Waals surface area contributed by atoms with Crippen molar-refractivity contribution in [3.63, 3.8) is 0 Å². The topological polar surface area (TPSA) is 90.6 Å². The molecule has 122 valence electrons. The highest BCUT2D eigenvalue weighted by Crippen LogP contribution is 2.36. The number of carbonyl (C=O) groups is 2. The molecule has 0 aliphatic carbocycles. The molecule has 1 unspecified atom stereocenters. The Balaban J connectivity index is 2.97. The fourth-order valence-corrected chi connectivity index (χ4v) is 2.21. The first-order valence-corrected chi connectivity index (χ1v) is 7.36. The van der Waals surface area contributed by atoms with Gasteiger partial charge >= 0.3 is 0 Å². The van der Waals surface area contributed by atoms with E-state index in [1.165, 1.54) is 19.2 Å². The average molecular weight is 329 g/mol. The lowest BCUT2D eigenvalue weighted by molar-refractivity contribution is -0.119. The summed E-state index contributed by atoms with van der Waals surface area (Å²) in [5.41, 5.74) is 5.39. The average Bonchev–Trinajstić information content (AvgIpc) is 2.45. The smallest absolute Gasteiger partial charge is 0.255 e. The van der Waals surface area contributed by atoms with Crippen LogP contribution >= 0.6 is 11.6 Å². The van der Waals surface area contributed by atoms with Crippen LogP contribution in [0.1, 0.15) is 37.0 Å². The van der Waals surface area contributed by atoms with E-state index in [0.29, 0.717) is 5.56 Å². The van der Waals surface area contributed by atoms with E-state index in [9.17, 15) is 9.59 Å². The molecule has 0 heterocycles. The highest BCUT2D eigenvalue weighted by atomic mass is 35.5. The van der Waals surface area contributed by atoms with Gasteiger partial charge in [-0.3, -0.25) is 9.59 Å². The molecule has 1 aromatic carbocycles. The third-order valence-corrected chi connectivity index (χ3v) is 3.23. The van der Waals surface area contributed by atoms with E-state index in [4.69, 9.17) is 26.8 Å². The molecule has 0 radical (unpaired) electrons. The fraction of sp³-hybridized carbons (Fsp3) is 0.467. The molecule has 22 heavy (non-hydrogen) atoms. The van der Waals surface area contributed by atoms with E-state index in [1.807, 2.05) is 13.8 Å². The van der Waals surface area contributed by atoms with Gasteiger partial charge in [0.2, 0.25) is 0 Å². The van der Waals surface area contributed by atoms with E-state index in [2.05, 4.69) is 5.32 Å². The second-order valence-electron chi connectivity index (χ2n) is 4.91. The number of ether oxygens (including phenoxy) is 2. The van der Waals surface area contributed by atoms with Crippen molar-refractivity contribution >= 4 is 23.4 Å². The van der Waals surface area contributed by atoms with Crippen LogP contribution in [0.25, 0.3) is 0 Å². The number of methoxy groups -OCH3 is 1. The zero-order valence-electron chi connectivity index (χ0n) is 12.9. The van der Waals surface area contributed by atoms with Gasteiger partial charge in [0.15, 0.2) is 18.1 Å². The Kier molecular flexibility index (Phi) is 6.98. The number of hydrogen-bond acceptors (Lipinski definition) is 4. The Morgan fingerprint density at radius 1 is 1.41 bits per heavy atom. The summed E-state index contributed by atoms with van der Waals surface area (Å²) in [5.74, 6) is -0.431. The molecule has 1 aromatic rings. The molecule has 1 rings (SSSR count). The zero-order chi connectivity index (χ0) is 16.7. The first-order valence-electron chi connectivity index (χ1n) is 6.98. The molecule has 2 amide bonds. The van der Waals surface area contributed by atoms with Gasteiger partial charge in [-0.15, -0.1) is 0 Å². The van der Waals surface area contributed by atoms with Crippen LogP contribution in [-0.2, 0) is 4.79 Å². The Hall–Kier alpha value is -1.95. The Labute approximate surface area is 134 Å². The highest BCUT2D eigenvalue weighted by Gasteiger charge is 2.17. The predicted molar refractivity (Wildman–Crippen MR) is 84.5 cm³/mol. The third kappa shape index (κ3) is 5.11. The Morgan fingerprint density at radius 2 is 2.09 bits per heavy atom. The summed E-state index contributed by atoms with van der Waals surface area (Å²) in [6.45, 7) is 3.66. The van der Waals surface area contributed by atoms with Gasteiger partial charge < -0.3 is 20.5 Å². The quantitative estimate of drug-likeness (QED) is 0.764. The van der Waals surface area contributed by atoms with Gasteiger partial charge in [-0.2, -0.15) is 0 Å². The maximum absolute atomic E-state index is 12.2. The van der Waals surface area contributed by atoms with E-state index >= 15 is 0 Å². The first-order chi connectivity index (χ1) is 10.4. The molecule has 0 saturated heterocycles. The summed E-state index contributed by atoms with van der Waals surface area (Å²) in [7, 11) is 1.42. The number of benzene rings is 1. The van der Waals surface area contributed by atoms with E-state index < -0.39 is 5.91 Å². The maximum Gasteiger partial charge on any atom is 0.255 e. The molecule has 0 saturated carbocycles. The molecule has 0 aromatic heterocycles. The van der Waals surface area contributed by atoms with Gasteiger partial charge in [0.05, 0.1) is 12.1 Å². The van der Waals surface area contributed by atoms with Gasteiger partial charge in [-0.05, 0) is 25.5 Å². The number of primary amides is 1. The minimum Gasteiger partial charge on any atom is -0.493 e. The summed E-state index contributed by atoms with van der Waals surface area (Å²) in [5, 5.41) is 3.05. The van der Waals surface area contributed by atoms with Crippen molar-refractivity contribution < 1.29 is 19.1 Å². The van der Waals surface area contributed by atoms with Crippen LogP contribution in [0.4, 0.5) is 0 Å². The Bertz CT molecular complexity index is 549.